The van der Waals surface area contributed by atoms with Crippen molar-refractivity contribution in [1.29, 1.82) is 0 Å². The summed E-state index contributed by atoms with van der Waals surface area (Å²) in [5.74, 6) is 1.21. The third kappa shape index (κ3) is 6.08. The fourth-order valence-corrected chi connectivity index (χ4v) is 2.28. The highest BCUT2D eigenvalue weighted by molar-refractivity contribution is 5.95. The van der Waals surface area contributed by atoms with Gasteiger partial charge >= 0.3 is 0 Å². The van der Waals surface area contributed by atoms with E-state index in [1.807, 2.05) is 0 Å². The topological polar surface area (TPSA) is 103 Å². The first kappa shape index (κ1) is 20.9. The molecule has 2 aromatic rings. The molecular weight excluding hydrogens is 362 g/mol. The Morgan fingerprint density at radius 1 is 1.25 bits per heavy atom. The summed E-state index contributed by atoms with van der Waals surface area (Å²) in [4.78, 5) is 22.3. The van der Waals surface area contributed by atoms with Gasteiger partial charge in [-0.1, -0.05) is 19.9 Å². The normalized spacial score (nSPS) is 10.9. The number of hydrogen-bond acceptors (Lipinski definition) is 6. The molecule has 0 saturated heterocycles. The van der Waals surface area contributed by atoms with E-state index < -0.39 is 10.8 Å². The van der Waals surface area contributed by atoms with Gasteiger partial charge in [0.2, 0.25) is 0 Å². The maximum absolute atomic E-state index is 12.1. The Kier molecular flexibility index (Phi) is 7.50. The molecule has 0 aliphatic heterocycles. The molecule has 0 atom stereocenters. The van der Waals surface area contributed by atoms with Gasteiger partial charge in [0.15, 0.2) is 11.5 Å². The molecule has 0 radical (unpaired) electrons. The number of hydrazone groups is 1. The first-order valence-corrected chi connectivity index (χ1v) is 8.79. The van der Waals surface area contributed by atoms with Gasteiger partial charge in [-0.25, -0.2) is 5.43 Å². The quantitative estimate of drug-likeness (QED) is 0.402. The Morgan fingerprint density at radius 3 is 2.71 bits per heavy atom. The Labute approximate surface area is 163 Å². The van der Waals surface area contributed by atoms with Crippen molar-refractivity contribution in [3.05, 3.63) is 63.7 Å². The lowest BCUT2D eigenvalue weighted by Gasteiger charge is -2.12. The molecule has 0 aliphatic carbocycles. The number of non-ortho nitro benzene ring substituents is 1. The molecule has 0 heterocycles. The second kappa shape index (κ2) is 10.1. The predicted octanol–water partition coefficient (Wildman–Crippen LogP) is 3.79. The summed E-state index contributed by atoms with van der Waals surface area (Å²) < 4.78 is 11.1. The van der Waals surface area contributed by atoms with E-state index in [1.54, 1.807) is 25.3 Å². The Hall–Kier alpha value is -3.42. The maximum Gasteiger partial charge on any atom is 0.271 e. The van der Waals surface area contributed by atoms with Crippen LogP contribution in [0.4, 0.5) is 5.69 Å². The monoisotopic (exact) mass is 385 g/mol. The molecule has 0 unspecified atom stereocenters. The van der Waals surface area contributed by atoms with Gasteiger partial charge in [0.05, 0.1) is 24.9 Å². The van der Waals surface area contributed by atoms with Crippen molar-refractivity contribution in [3.8, 4) is 11.5 Å². The highest BCUT2D eigenvalue weighted by atomic mass is 16.6. The van der Waals surface area contributed by atoms with Crippen molar-refractivity contribution in [2.24, 2.45) is 11.0 Å². The molecule has 0 saturated carbocycles. The van der Waals surface area contributed by atoms with Crippen LogP contribution in [0.1, 0.15) is 36.2 Å². The number of rotatable bonds is 9. The molecule has 0 aliphatic rings. The number of nitrogens with zero attached hydrogens (tertiary/aromatic N) is 2. The van der Waals surface area contributed by atoms with Crippen molar-refractivity contribution in [2.45, 2.75) is 20.3 Å². The predicted molar refractivity (Wildman–Crippen MR) is 106 cm³/mol. The minimum atomic E-state index is -0.558. The van der Waals surface area contributed by atoms with Gasteiger partial charge in [0.25, 0.3) is 11.6 Å². The summed E-state index contributed by atoms with van der Waals surface area (Å²) in [7, 11) is 1.55. The number of nitrogens with one attached hydrogen (secondary N) is 1. The van der Waals surface area contributed by atoms with Gasteiger partial charge in [0, 0.05) is 17.7 Å². The number of nitro benzene ring substituents is 1. The van der Waals surface area contributed by atoms with E-state index in [9.17, 15) is 14.9 Å². The average Bonchev–Trinajstić information content (AvgIpc) is 2.68. The fourth-order valence-electron chi connectivity index (χ4n) is 2.28. The van der Waals surface area contributed by atoms with Crippen LogP contribution < -0.4 is 14.9 Å². The van der Waals surface area contributed by atoms with Crippen molar-refractivity contribution < 1.29 is 19.2 Å². The van der Waals surface area contributed by atoms with Gasteiger partial charge in [-0.3, -0.25) is 14.9 Å². The first-order valence-electron chi connectivity index (χ1n) is 8.79. The number of amides is 1. The second-order valence-electron chi connectivity index (χ2n) is 6.45. The highest BCUT2D eigenvalue weighted by Crippen LogP contribution is 2.27. The van der Waals surface area contributed by atoms with E-state index in [4.69, 9.17) is 9.47 Å². The van der Waals surface area contributed by atoms with Crippen LogP contribution in [0.5, 0.6) is 11.5 Å². The van der Waals surface area contributed by atoms with Gasteiger partial charge in [0.1, 0.15) is 0 Å². The van der Waals surface area contributed by atoms with Gasteiger partial charge in [-0.2, -0.15) is 5.10 Å². The van der Waals surface area contributed by atoms with Gasteiger partial charge in [-0.05, 0) is 42.2 Å². The second-order valence-corrected chi connectivity index (χ2v) is 6.45. The molecule has 0 spiro atoms. The van der Waals surface area contributed by atoms with Gasteiger partial charge in [-0.15, -0.1) is 0 Å². The zero-order valence-corrected chi connectivity index (χ0v) is 16.0. The number of benzene rings is 2. The molecule has 1 amide bonds. The highest BCUT2D eigenvalue weighted by Gasteiger charge is 2.11. The number of carbonyl (C=O) groups excluding carboxylic acids is 1. The molecule has 1 N–H and O–H groups in total. The third-order valence-corrected chi connectivity index (χ3v) is 3.84. The van der Waals surface area contributed by atoms with Crippen LogP contribution in [-0.4, -0.2) is 30.8 Å². The molecule has 148 valence electrons. The molecule has 2 aromatic carbocycles. The summed E-state index contributed by atoms with van der Waals surface area (Å²) in [5.41, 5.74) is 3.04. The van der Waals surface area contributed by atoms with E-state index in [2.05, 4.69) is 24.4 Å². The van der Waals surface area contributed by atoms with Crippen molar-refractivity contribution in [1.82, 2.24) is 5.43 Å². The Morgan fingerprint density at radius 2 is 2.04 bits per heavy atom. The average molecular weight is 385 g/mol. The minimum absolute atomic E-state index is 0.151. The standard InChI is InChI=1S/C20H23N3O5/c1-14(2)9-10-28-18-8-7-15(11-19(18)27-3)13-21-22-20(24)16-5-4-6-17(12-16)23(25)26/h4-8,11-14H,9-10H2,1-3H3,(H,22,24)/b21-13-. The van der Waals surface area contributed by atoms with E-state index >= 15 is 0 Å². The number of carbonyl (C=O) groups is 1. The zero-order chi connectivity index (χ0) is 20.5. The smallest absolute Gasteiger partial charge is 0.271 e. The van der Waals surface area contributed by atoms with Crippen LogP contribution in [0.2, 0.25) is 0 Å². The van der Waals surface area contributed by atoms with Crippen LogP contribution in [0, 0.1) is 16.0 Å². The van der Waals surface area contributed by atoms with Crippen molar-refractivity contribution in [3.63, 3.8) is 0 Å². The van der Waals surface area contributed by atoms with E-state index in [0.717, 1.165) is 6.42 Å². The lowest BCUT2D eigenvalue weighted by molar-refractivity contribution is -0.384. The third-order valence-electron chi connectivity index (χ3n) is 3.84. The zero-order valence-electron chi connectivity index (χ0n) is 16.0. The number of nitro groups is 1. The van der Waals surface area contributed by atoms with E-state index in [-0.39, 0.29) is 11.3 Å². The Bertz CT molecular complexity index is 865. The van der Waals surface area contributed by atoms with E-state index in [1.165, 1.54) is 30.5 Å². The molecular formula is C20H23N3O5. The summed E-state index contributed by atoms with van der Waals surface area (Å²) >= 11 is 0. The largest absolute Gasteiger partial charge is 0.493 e. The fraction of sp³-hybridized carbons (Fsp3) is 0.300. The van der Waals surface area contributed by atoms with Crippen LogP contribution >= 0.6 is 0 Å². The number of methoxy groups -OCH3 is 1. The lowest BCUT2D eigenvalue weighted by Crippen LogP contribution is -2.17. The van der Waals surface area contributed by atoms with Crippen LogP contribution in [0.25, 0.3) is 0 Å². The Balaban J connectivity index is 2.00. The molecule has 28 heavy (non-hydrogen) atoms. The van der Waals surface area contributed by atoms with E-state index in [0.29, 0.717) is 29.6 Å². The first-order chi connectivity index (χ1) is 13.4. The molecule has 0 aromatic heterocycles. The van der Waals surface area contributed by atoms with Crippen LogP contribution in [-0.2, 0) is 0 Å². The minimum Gasteiger partial charge on any atom is -0.493 e. The molecule has 8 heteroatoms. The van der Waals surface area contributed by atoms with Crippen LogP contribution in [0.15, 0.2) is 47.6 Å². The number of ether oxygens (including phenoxy) is 2. The summed E-state index contributed by atoms with van der Waals surface area (Å²) in [5, 5.41) is 14.7. The number of hydrogen-bond donors (Lipinski definition) is 1. The SMILES string of the molecule is COc1cc(/C=N\NC(=O)c2cccc([N+](=O)[O-])c2)ccc1OCCC(C)C. The van der Waals surface area contributed by atoms with Crippen molar-refractivity contribution >= 4 is 17.8 Å². The molecule has 2 rings (SSSR count). The van der Waals surface area contributed by atoms with Crippen LogP contribution in [0.3, 0.4) is 0 Å². The summed E-state index contributed by atoms with van der Waals surface area (Å²) in [6, 6.07) is 10.7. The molecule has 0 fully saturated rings. The lowest BCUT2D eigenvalue weighted by atomic mass is 10.1. The van der Waals surface area contributed by atoms with Gasteiger partial charge < -0.3 is 9.47 Å². The maximum atomic E-state index is 12.1. The summed E-state index contributed by atoms with van der Waals surface area (Å²) in [6.45, 7) is 4.85. The van der Waals surface area contributed by atoms with Crippen molar-refractivity contribution in [2.75, 3.05) is 13.7 Å². The molecule has 0 bridgehead atoms. The molecule has 8 nitrogen and oxygen atoms in total. The summed E-state index contributed by atoms with van der Waals surface area (Å²) in [6.07, 6.45) is 2.39.